The first kappa shape index (κ1) is 18.1. The van der Waals surface area contributed by atoms with E-state index >= 15 is 0 Å². The minimum absolute atomic E-state index is 0.202. The van der Waals surface area contributed by atoms with Gasteiger partial charge in [-0.25, -0.2) is 0 Å². The lowest BCUT2D eigenvalue weighted by atomic mass is 10.1. The highest BCUT2D eigenvalue weighted by atomic mass is 16.3. The molecule has 0 aliphatic carbocycles. The lowest BCUT2D eigenvalue weighted by molar-refractivity contribution is -0.122. The lowest BCUT2D eigenvalue weighted by Crippen LogP contribution is -2.54. The Labute approximate surface area is 130 Å². The van der Waals surface area contributed by atoms with Crippen molar-refractivity contribution in [2.75, 3.05) is 0 Å². The molecule has 0 aliphatic heterocycles. The van der Waals surface area contributed by atoms with Gasteiger partial charge >= 0.3 is 0 Å². The largest absolute Gasteiger partial charge is 0.376 e. The maximum Gasteiger partial charge on any atom is 0.234 e. The molecule has 0 fully saturated rings. The minimum Gasteiger partial charge on any atom is -0.376 e. The van der Waals surface area contributed by atoms with Gasteiger partial charge < -0.3 is 16.2 Å². The summed E-state index contributed by atoms with van der Waals surface area (Å²) in [6, 6.07) is 2.35. The van der Waals surface area contributed by atoms with Crippen LogP contribution in [0.25, 0.3) is 0 Å². The second-order valence-electron chi connectivity index (χ2n) is 5.24. The Bertz CT molecular complexity index is 481. The van der Waals surface area contributed by atoms with Crippen LogP contribution in [0.1, 0.15) is 32.3 Å². The van der Waals surface area contributed by atoms with Crippen molar-refractivity contribution in [1.29, 1.82) is 0 Å². The first-order valence-corrected chi connectivity index (χ1v) is 7.35. The normalized spacial score (nSPS) is 14.9. The van der Waals surface area contributed by atoms with E-state index in [0.717, 1.165) is 12.0 Å². The third-order valence-corrected chi connectivity index (χ3v) is 3.27. The van der Waals surface area contributed by atoms with E-state index < -0.39 is 24.2 Å². The Morgan fingerprint density at radius 2 is 2.00 bits per heavy atom. The second-order valence-corrected chi connectivity index (χ2v) is 5.24. The highest BCUT2D eigenvalue weighted by molar-refractivity contribution is 5.80. The molecule has 7 nitrogen and oxygen atoms in total. The van der Waals surface area contributed by atoms with Gasteiger partial charge in [-0.2, -0.15) is 0 Å². The van der Waals surface area contributed by atoms with Gasteiger partial charge in [0, 0.05) is 12.4 Å². The average molecular weight is 308 g/mol. The molecule has 1 rings (SSSR count). The molecule has 1 aromatic rings. The molecule has 7 heteroatoms. The molecule has 122 valence electrons. The summed E-state index contributed by atoms with van der Waals surface area (Å²) in [4.78, 5) is 27.1. The molecule has 0 aliphatic rings. The van der Waals surface area contributed by atoms with Crippen LogP contribution in [-0.2, 0) is 16.0 Å². The number of aliphatic hydroxyl groups is 1. The Balaban J connectivity index is 2.47. The average Bonchev–Trinajstić information content (AvgIpc) is 2.47. The molecular weight excluding hydrogens is 284 g/mol. The number of carbonyl (C=O) groups is 2. The van der Waals surface area contributed by atoms with Gasteiger partial charge in [0.25, 0.3) is 0 Å². The highest BCUT2D eigenvalue weighted by Gasteiger charge is 2.22. The van der Waals surface area contributed by atoms with Crippen LogP contribution in [0.3, 0.4) is 0 Å². The van der Waals surface area contributed by atoms with E-state index in [1.807, 2.05) is 6.92 Å². The number of hydrogen-bond acceptors (Lipinski definition) is 5. The lowest BCUT2D eigenvalue weighted by Gasteiger charge is -2.25. The number of carbonyl (C=O) groups excluding carboxylic acids is 2. The third-order valence-electron chi connectivity index (χ3n) is 3.27. The van der Waals surface area contributed by atoms with Crippen molar-refractivity contribution < 1.29 is 14.7 Å². The molecule has 1 heterocycles. The molecule has 3 atom stereocenters. The number of nitrogens with zero attached hydrogens (tertiary/aromatic N) is 1. The van der Waals surface area contributed by atoms with Crippen molar-refractivity contribution in [2.24, 2.45) is 5.73 Å². The summed E-state index contributed by atoms with van der Waals surface area (Å²) in [7, 11) is 0. The van der Waals surface area contributed by atoms with Crippen LogP contribution in [0.4, 0.5) is 0 Å². The summed E-state index contributed by atoms with van der Waals surface area (Å²) in [6.45, 7) is 3.58. The molecule has 0 saturated carbocycles. The number of hydrogen-bond donors (Lipinski definition) is 4. The fraction of sp³-hybridized carbons (Fsp3) is 0.533. The summed E-state index contributed by atoms with van der Waals surface area (Å²) in [6.07, 6.45) is 3.67. The monoisotopic (exact) mass is 308 g/mol. The standard InChI is InChI=1S/C15H24N4O3/c1-3-4-12(14(16)21)19-15(22)10(2)18-13(20)9-11-5-7-17-8-6-11/h5-8,10,12,15,19,22H,3-4,9H2,1-2H3,(H2,16,21)(H,18,20)/t10-,12+,15?/m0/s1. The van der Waals surface area contributed by atoms with Gasteiger partial charge in [-0.3, -0.25) is 19.9 Å². The van der Waals surface area contributed by atoms with Crippen molar-refractivity contribution in [3.8, 4) is 0 Å². The number of aromatic nitrogens is 1. The summed E-state index contributed by atoms with van der Waals surface area (Å²) >= 11 is 0. The van der Waals surface area contributed by atoms with Crippen LogP contribution < -0.4 is 16.4 Å². The maximum absolute atomic E-state index is 11.9. The molecule has 0 radical (unpaired) electrons. The van der Waals surface area contributed by atoms with Crippen LogP contribution in [0.2, 0.25) is 0 Å². The maximum atomic E-state index is 11.9. The topological polar surface area (TPSA) is 117 Å². The van der Waals surface area contributed by atoms with Gasteiger partial charge in [-0.1, -0.05) is 13.3 Å². The van der Waals surface area contributed by atoms with Crippen molar-refractivity contribution in [3.05, 3.63) is 30.1 Å². The number of primary amides is 1. The van der Waals surface area contributed by atoms with Gasteiger partial charge in [0.15, 0.2) is 0 Å². The van der Waals surface area contributed by atoms with Crippen LogP contribution >= 0.6 is 0 Å². The van der Waals surface area contributed by atoms with E-state index in [1.54, 1.807) is 31.5 Å². The van der Waals surface area contributed by atoms with Gasteiger partial charge in [0.2, 0.25) is 11.8 Å². The molecule has 22 heavy (non-hydrogen) atoms. The first-order chi connectivity index (χ1) is 10.4. The molecule has 5 N–H and O–H groups in total. The van der Waals surface area contributed by atoms with E-state index in [4.69, 9.17) is 5.73 Å². The summed E-state index contributed by atoms with van der Waals surface area (Å²) in [5.41, 5.74) is 6.11. The van der Waals surface area contributed by atoms with Crippen molar-refractivity contribution in [2.45, 2.75) is 51.4 Å². The molecule has 0 saturated heterocycles. The summed E-state index contributed by atoms with van der Waals surface area (Å²) in [5, 5.41) is 15.5. The first-order valence-electron chi connectivity index (χ1n) is 7.35. The van der Waals surface area contributed by atoms with E-state index in [-0.39, 0.29) is 12.3 Å². The fourth-order valence-corrected chi connectivity index (χ4v) is 2.02. The van der Waals surface area contributed by atoms with E-state index in [2.05, 4.69) is 15.6 Å². The fourth-order valence-electron chi connectivity index (χ4n) is 2.02. The Morgan fingerprint density at radius 1 is 1.36 bits per heavy atom. The quantitative estimate of drug-likeness (QED) is 0.467. The summed E-state index contributed by atoms with van der Waals surface area (Å²) < 4.78 is 0. The SMILES string of the molecule is CCC[C@@H](NC(O)[C@H](C)NC(=O)Cc1ccncc1)C(N)=O. The smallest absolute Gasteiger partial charge is 0.234 e. The molecular formula is C15H24N4O3. The van der Waals surface area contributed by atoms with Crippen LogP contribution in [0.15, 0.2) is 24.5 Å². The molecule has 1 unspecified atom stereocenters. The van der Waals surface area contributed by atoms with Crippen molar-refractivity contribution in [1.82, 2.24) is 15.6 Å². The summed E-state index contributed by atoms with van der Waals surface area (Å²) in [5.74, 6) is -0.734. The van der Waals surface area contributed by atoms with Crippen LogP contribution in [-0.4, -0.2) is 40.2 Å². The van der Waals surface area contributed by atoms with Gasteiger partial charge in [-0.15, -0.1) is 0 Å². The highest BCUT2D eigenvalue weighted by Crippen LogP contribution is 2.01. The number of aliphatic hydroxyl groups excluding tert-OH is 1. The number of pyridine rings is 1. The van der Waals surface area contributed by atoms with Gasteiger partial charge in [0.05, 0.1) is 18.5 Å². The van der Waals surface area contributed by atoms with E-state index in [1.165, 1.54) is 0 Å². The van der Waals surface area contributed by atoms with E-state index in [0.29, 0.717) is 6.42 Å². The minimum atomic E-state index is -1.05. The van der Waals surface area contributed by atoms with Crippen LogP contribution in [0.5, 0.6) is 0 Å². The number of nitrogens with two attached hydrogens (primary N) is 1. The third kappa shape index (κ3) is 6.19. The zero-order valence-corrected chi connectivity index (χ0v) is 13.0. The molecule has 1 aromatic heterocycles. The Kier molecular flexibility index (Phi) is 7.48. The number of rotatable bonds is 9. The van der Waals surface area contributed by atoms with Gasteiger partial charge in [-0.05, 0) is 31.0 Å². The number of amides is 2. The Hall–Kier alpha value is -1.99. The molecule has 0 spiro atoms. The van der Waals surface area contributed by atoms with Crippen molar-refractivity contribution in [3.63, 3.8) is 0 Å². The molecule has 2 amide bonds. The zero-order chi connectivity index (χ0) is 16.5. The molecule has 0 bridgehead atoms. The predicted molar refractivity (Wildman–Crippen MR) is 82.6 cm³/mol. The molecule has 0 aromatic carbocycles. The van der Waals surface area contributed by atoms with Gasteiger partial charge in [0.1, 0.15) is 6.23 Å². The van der Waals surface area contributed by atoms with Crippen LogP contribution in [0, 0.1) is 0 Å². The van der Waals surface area contributed by atoms with E-state index in [9.17, 15) is 14.7 Å². The number of nitrogens with one attached hydrogen (secondary N) is 2. The zero-order valence-electron chi connectivity index (χ0n) is 13.0. The second kappa shape index (κ2) is 9.11. The predicted octanol–water partition coefficient (Wildman–Crippen LogP) is -0.309. The van der Waals surface area contributed by atoms with Crippen molar-refractivity contribution >= 4 is 11.8 Å². The Morgan fingerprint density at radius 3 is 2.55 bits per heavy atom.